The second-order valence-electron chi connectivity index (χ2n) is 9.20. The van der Waals surface area contributed by atoms with Crippen molar-refractivity contribution in [1.29, 1.82) is 0 Å². The summed E-state index contributed by atoms with van der Waals surface area (Å²) in [5, 5.41) is 3.94. The molecule has 2 aliphatic rings. The van der Waals surface area contributed by atoms with Gasteiger partial charge in [0.25, 0.3) is 0 Å². The minimum atomic E-state index is -5.64. The Hall–Kier alpha value is -3.26. The molecule has 2 unspecified atom stereocenters. The molecule has 2 atom stereocenters. The van der Waals surface area contributed by atoms with Crippen LogP contribution in [0, 0.1) is 5.92 Å². The standard InChI is InChI=1S/C24H23BrF3N5O4S/c1-30-23-31-19(13-7-8-13)20(22(29)34)33(23)11-12-6-9-17-15(10-12)18(25)21(37-17)14-4-2-3-5-16(14)32-38(35,36)24(26,27)28/h2-6,9-10,13,19-20,32H,7-8,11H2,1H3,(H2,29,34)(H,30,31). The Morgan fingerprint density at radius 1 is 1.26 bits per heavy atom. The number of amides is 1. The van der Waals surface area contributed by atoms with E-state index in [-0.39, 0.29) is 23.1 Å². The van der Waals surface area contributed by atoms with Gasteiger partial charge in [0.05, 0.1) is 16.2 Å². The molecule has 38 heavy (non-hydrogen) atoms. The van der Waals surface area contributed by atoms with Crippen LogP contribution in [0.5, 0.6) is 0 Å². The number of nitrogens with zero attached hydrogens (tertiary/aromatic N) is 2. The zero-order valence-corrected chi connectivity index (χ0v) is 22.3. The van der Waals surface area contributed by atoms with E-state index >= 15 is 0 Å². The summed E-state index contributed by atoms with van der Waals surface area (Å²) in [4.78, 5) is 18.5. The number of fused-ring (bicyclic) bond motifs is 1. The minimum absolute atomic E-state index is 0.112. The fraction of sp³-hybridized carbons (Fsp3) is 0.333. The van der Waals surface area contributed by atoms with Gasteiger partial charge in [-0.15, -0.1) is 0 Å². The molecule has 1 saturated heterocycles. The van der Waals surface area contributed by atoms with Crippen molar-refractivity contribution in [2.24, 2.45) is 16.6 Å². The van der Waals surface area contributed by atoms with E-state index in [1.54, 1.807) is 30.0 Å². The zero-order chi connectivity index (χ0) is 27.4. The second-order valence-corrected chi connectivity index (χ2v) is 11.7. The SMILES string of the molecule is CN=C1NC(C2CC2)C(C(N)=O)N1Cc1ccc2oc(-c3ccccc3NS(=O)(=O)C(F)(F)F)c(Br)c2c1. The Morgan fingerprint density at radius 2 is 1.97 bits per heavy atom. The number of carbonyl (C=O) groups is 1. The molecule has 4 N–H and O–H groups in total. The van der Waals surface area contributed by atoms with Crippen molar-refractivity contribution in [2.75, 3.05) is 11.8 Å². The van der Waals surface area contributed by atoms with Crippen molar-refractivity contribution in [1.82, 2.24) is 10.2 Å². The van der Waals surface area contributed by atoms with Gasteiger partial charge in [0.1, 0.15) is 11.6 Å². The number of para-hydroxylation sites is 1. The number of nitrogens with one attached hydrogen (secondary N) is 2. The summed E-state index contributed by atoms with van der Waals surface area (Å²) in [6.45, 7) is 0.321. The highest BCUT2D eigenvalue weighted by Crippen LogP contribution is 2.42. The number of hydrogen-bond acceptors (Lipinski definition) is 5. The number of rotatable bonds is 7. The Balaban J connectivity index is 1.49. The van der Waals surface area contributed by atoms with E-state index in [1.807, 2.05) is 11.0 Å². The Labute approximate surface area is 224 Å². The number of hydrogen-bond donors (Lipinski definition) is 3. The number of aliphatic imine (C=N–C) groups is 1. The monoisotopic (exact) mass is 613 g/mol. The highest BCUT2D eigenvalue weighted by molar-refractivity contribution is 9.10. The van der Waals surface area contributed by atoms with Crippen LogP contribution in [0.1, 0.15) is 18.4 Å². The van der Waals surface area contributed by atoms with E-state index in [9.17, 15) is 26.4 Å². The molecule has 202 valence electrons. The molecule has 1 aromatic heterocycles. The Kier molecular flexibility index (Phi) is 6.58. The second kappa shape index (κ2) is 9.49. The summed E-state index contributed by atoms with van der Waals surface area (Å²) in [5.74, 6) is 0.639. The average molecular weight is 614 g/mol. The molecule has 1 aliphatic heterocycles. The molecular weight excluding hydrogens is 591 g/mol. The van der Waals surface area contributed by atoms with Crippen LogP contribution in [0.4, 0.5) is 18.9 Å². The largest absolute Gasteiger partial charge is 0.516 e. The summed E-state index contributed by atoms with van der Waals surface area (Å²) in [6.07, 6.45) is 2.03. The van der Waals surface area contributed by atoms with Gasteiger partial charge < -0.3 is 20.4 Å². The van der Waals surface area contributed by atoms with Crippen LogP contribution in [0.3, 0.4) is 0 Å². The van der Waals surface area contributed by atoms with Gasteiger partial charge in [0, 0.05) is 24.5 Å². The number of halogens is 4. The first kappa shape index (κ1) is 26.4. The lowest BCUT2D eigenvalue weighted by molar-refractivity contribution is -0.122. The maximum Gasteiger partial charge on any atom is 0.516 e. The predicted molar refractivity (Wildman–Crippen MR) is 139 cm³/mol. The van der Waals surface area contributed by atoms with E-state index in [4.69, 9.17) is 10.2 Å². The molecule has 3 aromatic rings. The molecule has 2 aromatic carbocycles. The number of primary amides is 1. The number of benzene rings is 2. The molecule has 0 bridgehead atoms. The topological polar surface area (TPSA) is 130 Å². The smallest absolute Gasteiger partial charge is 0.455 e. The summed E-state index contributed by atoms with van der Waals surface area (Å²) in [5.41, 5.74) is 1.35. The van der Waals surface area contributed by atoms with E-state index in [2.05, 4.69) is 26.2 Å². The predicted octanol–water partition coefficient (Wildman–Crippen LogP) is 4.15. The minimum Gasteiger partial charge on any atom is -0.455 e. The molecule has 14 heteroatoms. The summed E-state index contributed by atoms with van der Waals surface area (Å²) >= 11 is 3.47. The van der Waals surface area contributed by atoms with Gasteiger partial charge in [-0.3, -0.25) is 14.5 Å². The molecule has 2 heterocycles. The normalized spacial score (nSPS) is 21.2. The first-order chi connectivity index (χ1) is 17.9. The molecule has 1 aliphatic carbocycles. The van der Waals surface area contributed by atoms with Gasteiger partial charge in [-0.2, -0.15) is 21.6 Å². The quantitative estimate of drug-likeness (QED) is 0.367. The van der Waals surface area contributed by atoms with Crippen molar-refractivity contribution < 1.29 is 30.8 Å². The lowest BCUT2D eigenvalue weighted by Crippen LogP contribution is -2.47. The van der Waals surface area contributed by atoms with Gasteiger partial charge in [-0.25, -0.2) is 0 Å². The summed E-state index contributed by atoms with van der Waals surface area (Å²) in [7, 11) is -4.00. The number of guanidine groups is 1. The van der Waals surface area contributed by atoms with Crippen molar-refractivity contribution in [2.45, 2.75) is 37.0 Å². The van der Waals surface area contributed by atoms with Crippen LogP contribution in [-0.2, 0) is 21.4 Å². The first-order valence-electron chi connectivity index (χ1n) is 11.6. The van der Waals surface area contributed by atoms with Crippen LogP contribution in [0.25, 0.3) is 22.3 Å². The van der Waals surface area contributed by atoms with E-state index in [0.717, 1.165) is 18.4 Å². The van der Waals surface area contributed by atoms with E-state index < -0.39 is 27.5 Å². The number of sulfonamides is 1. The number of furan rings is 1. The maximum atomic E-state index is 13.0. The van der Waals surface area contributed by atoms with Crippen LogP contribution >= 0.6 is 15.9 Å². The molecule has 9 nitrogen and oxygen atoms in total. The molecule has 5 rings (SSSR count). The van der Waals surface area contributed by atoms with E-state index in [1.165, 1.54) is 18.2 Å². The van der Waals surface area contributed by atoms with Crippen LogP contribution in [0.15, 0.2) is 56.3 Å². The number of anilines is 1. The summed E-state index contributed by atoms with van der Waals surface area (Å²) < 4.78 is 70.4. The third-order valence-electron chi connectivity index (χ3n) is 6.64. The van der Waals surface area contributed by atoms with Crippen LogP contribution in [0.2, 0.25) is 0 Å². The third kappa shape index (κ3) is 4.70. The number of nitrogens with two attached hydrogens (primary N) is 1. The van der Waals surface area contributed by atoms with Crippen LogP contribution in [-0.4, -0.2) is 49.8 Å². The fourth-order valence-corrected chi connectivity index (χ4v) is 5.91. The molecule has 0 radical (unpaired) electrons. The highest BCUT2D eigenvalue weighted by Gasteiger charge is 2.48. The number of carbonyl (C=O) groups excluding carboxylic acids is 1. The van der Waals surface area contributed by atoms with Gasteiger partial charge in [-0.1, -0.05) is 18.2 Å². The molecule has 0 spiro atoms. The summed E-state index contributed by atoms with van der Waals surface area (Å²) in [6, 6.07) is 10.3. The Morgan fingerprint density at radius 3 is 2.61 bits per heavy atom. The number of alkyl halides is 3. The van der Waals surface area contributed by atoms with Gasteiger partial charge in [0.15, 0.2) is 11.7 Å². The lowest BCUT2D eigenvalue weighted by atomic mass is 10.0. The highest BCUT2D eigenvalue weighted by atomic mass is 79.9. The molecular formula is C24H23BrF3N5O4S. The van der Waals surface area contributed by atoms with Crippen molar-refractivity contribution >= 4 is 54.5 Å². The third-order valence-corrected chi connectivity index (χ3v) is 8.53. The lowest BCUT2D eigenvalue weighted by Gasteiger charge is -2.25. The van der Waals surface area contributed by atoms with Crippen LogP contribution < -0.4 is 15.8 Å². The fourth-order valence-electron chi connectivity index (χ4n) is 4.72. The zero-order valence-electron chi connectivity index (χ0n) is 19.9. The first-order valence-corrected chi connectivity index (χ1v) is 13.9. The van der Waals surface area contributed by atoms with E-state index in [0.29, 0.717) is 33.9 Å². The Bertz CT molecular complexity index is 1550. The molecule has 1 amide bonds. The van der Waals surface area contributed by atoms with Gasteiger partial charge in [0.2, 0.25) is 5.91 Å². The van der Waals surface area contributed by atoms with Crippen molar-refractivity contribution in [3.63, 3.8) is 0 Å². The van der Waals surface area contributed by atoms with Gasteiger partial charge in [-0.05, 0) is 64.5 Å². The van der Waals surface area contributed by atoms with Gasteiger partial charge >= 0.3 is 15.5 Å². The maximum absolute atomic E-state index is 13.0. The molecule has 1 saturated carbocycles. The average Bonchev–Trinajstić information content (AvgIpc) is 3.56. The van der Waals surface area contributed by atoms with Crippen molar-refractivity contribution in [3.05, 3.63) is 52.5 Å². The van der Waals surface area contributed by atoms with Crippen molar-refractivity contribution in [3.8, 4) is 11.3 Å². The molecule has 2 fully saturated rings.